The van der Waals surface area contributed by atoms with E-state index in [1.54, 1.807) is 0 Å². The molecule has 4 rings (SSSR count). The Labute approximate surface area is 150 Å². The summed E-state index contributed by atoms with van der Waals surface area (Å²) in [7, 11) is 0. The van der Waals surface area contributed by atoms with Crippen LogP contribution in [0.2, 0.25) is 0 Å². The van der Waals surface area contributed by atoms with Crippen molar-refractivity contribution in [3.05, 3.63) is 0 Å². The van der Waals surface area contributed by atoms with Crippen LogP contribution in [0, 0.1) is 46.8 Å². The number of alkyl halides is 1. The van der Waals surface area contributed by atoms with E-state index in [9.17, 15) is 19.7 Å². The molecule has 0 radical (unpaired) electrons. The molecule has 10 atom stereocenters. The molecule has 0 saturated heterocycles. The first-order chi connectivity index (χ1) is 11.7. The Kier molecular flexibility index (Phi) is 3.87. The smallest absolute Gasteiger partial charge is 0.130 e. The average molecular weight is 350 g/mol. The summed E-state index contributed by atoms with van der Waals surface area (Å²) < 4.78 is 14.8. The first-order valence-corrected chi connectivity index (χ1v) is 9.88. The monoisotopic (exact) mass is 350 g/mol. The van der Waals surface area contributed by atoms with Gasteiger partial charge in [-0.1, -0.05) is 19.8 Å². The van der Waals surface area contributed by atoms with Gasteiger partial charge in [-0.25, -0.2) is 4.39 Å². The van der Waals surface area contributed by atoms with Crippen LogP contribution in [0.1, 0.15) is 58.8 Å². The molecule has 4 aliphatic rings. The zero-order chi connectivity index (χ0) is 18.2. The summed E-state index contributed by atoms with van der Waals surface area (Å²) in [4.78, 5) is 0. The highest BCUT2D eigenvalue weighted by atomic mass is 19.1. The van der Waals surface area contributed by atoms with Crippen LogP contribution in [0.3, 0.4) is 0 Å². The van der Waals surface area contributed by atoms with Gasteiger partial charge in [-0.15, -0.1) is 6.42 Å². The van der Waals surface area contributed by atoms with E-state index in [2.05, 4.69) is 19.8 Å². The molecule has 0 heterocycles. The molecule has 25 heavy (non-hydrogen) atoms. The summed E-state index contributed by atoms with van der Waals surface area (Å²) in [6.45, 7) is 4.26. The predicted octanol–water partition coefficient (Wildman–Crippen LogP) is 2.67. The van der Waals surface area contributed by atoms with Gasteiger partial charge in [-0.2, -0.15) is 0 Å². The van der Waals surface area contributed by atoms with E-state index < -0.39 is 24.0 Å². The van der Waals surface area contributed by atoms with Gasteiger partial charge < -0.3 is 15.3 Å². The summed E-state index contributed by atoms with van der Waals surface area (Å²) in [5, 5.41) is 32.0. The third kappa shape index (κ3) is 2.10. The quantitative estimate of drug-likeness (QED) is 0.589. The van der Waals surface area contributed by atoms with Gasteiger partial charge >= 0.3 is 0 Å². The second kappa shape index (κ2) is 5.44. The maximum atomic E-state index is 14.8. The highest BCUT2D eigenvalue weighted by Gasteiger charge is 2.67. The Morgan fingerprint density at radius 3 is 2.32 bits per heavy atom. The fourth-order valence-electron chi connectivity index (χ4n) is 7.47. The van der Waals surface area contributed by atoms with Crippen LogP contribution >= 0.6 is 0 Å². The van der Waals surface area contributed by atoms with Gasteiger partial charge in [-0.05, 0) is 68.1 Å². The summed E-state index contributed by atoms with van der Waals surface area (Å²) in [6.07, 6.45) is 7.83. The molecule has 4 aliphatic carbocycles. The van der Waals surface area contributed by atoms with Gasteiger partial charge in [0.05, 0.1) is 12.2 Å². The van der Waals surface area contributed by atoms with E-state index in [1.165, 1.54) is 0 Å². The van der Waals surface area contributed by atoms with Crippen LogP contribution in [0.15, 0.2) is 0 Å². The van der Waals surface area contributed by atoms with E-state index in [4.69, 9.17) is 6.42 Å². The van der Waals surface area contributed by atoms with Gasteiger partial charge in [0.15, 0.2) is 0 Å². The molecule has 4 fully saturated rings. The van der Waals surface area contributed by atoms with Crippen LogP contribution in [0.4, 0.5) is 4.39 Å². The van der Waals surface area contributed by atoms with Gasteiger partial charge in [-0.3, -0.25) is 0 Å². The molecule has 0 bridgehead atoms. The van der Waals surface area contributed by atoms with Gasteiger partial charge in [0.1, 0.15) is 11.8 Å². The number of aliphatic hydroxyl groups is 3. The number of halogens is 1. The Morgan fingerprint density at radius 2 is 1.64 bits per heavy atom. The van der Waals surface area contributed by atoms with Crippen molar-refractivity contribution in [2.75, 3.05) is 0 Å². The molecule has 140 valence electrons. The van der Waals surface area contributed by atoms with E-state index in [0.717, 1.165) is 25.7 Å². The minimum atomic E-state index is -1.24. The van der Waals surface area contributed by atoms with Crippen molar-refractivity contribution in [1.82, 2.24) is 0 Å². The zero-order valence-corrected chi connectivity index (χ0v) is 15.3. The van der Waals surface area contributed by atoms with Crippen LogP contribution in [0.5, 0.6) is 0 Å². The Balaban J connectivity index is 1.71. The molecule has 0 aromatic heterocycles. The zero-order valence-electron chi connectivity index (χ0n) is 15.3. The summed E-state index contributed by atoms with van der Waals surface area (Å²) in [6, 6.07) is 0. The van der Waals surface area contributed by atoms with E-state index in [0.29, 0.717) is 19.3 Å². The molecule has 4 heteroatoms. The molecule has 0 aromatic rings. The highest BCUT2D eigenvalue weighted by molar-refractivity contribution is 5.24. The topological polar surface area (TPSA) is 60.7 Å². The van der Waals surface area contributed by atoms with Crippen molar-refractivity contribution in [1.29, 1.82) is 0 Å². The largest absolute Gasteiger partial charge is 0.393 e. The number of fused-ring (bicyclic) bond motifs is 5. The summed E-state index contributed by atoms with van der Waals surface area (Å²) >= 11 is 0. The lowest BCUT2D eigenvalue weighted by molar-refractivity contribution is -0.200. The molecule has 5 unspecified atom stereocenters. The molecule has 4 saturated carbocycles. The minimum Gasteiger partial charge on any atom is -0.393 e. The van der Waals surface area contributed by atoms with Crippen molar-refractivity contribution in [3.8, 4) is 12.3 Å². The number of hydrogen-bond donors (Lipinski definition) is 3. The second-order valence-corrected chi connectivity index (χ2v) is 9.76. The highest BCUT2D eigenvalue weighted by Crippen LogP contribution is 2.68. The molecule has 0 aromatic carbocycles. The molecular weight excluding hydrogens is 319 g/mol. The standard InChI is InChI=1S/C21H31FO3/c1-4-21(25)10-6-13-17-12(5-9-20(13,21)3)19(2)8-7-15(23)18(22)14(19)11-16(17)24/h1,12-18,23-25H,5-11H2,2-3H3/t12-,13+,14?,15?,16?,17-,18?,19-,20+,21?/m1/s1. The van der Waals surface area contributed by atoms with Crippen LogP contribution in [0.25, 0.3) is 0 Å². The Bertz CT molecular complexity index is 602. The van der Waals surface area contributed by atoms with Crippen molar-refractivity contribution in [3.63, 3.8) is 0 Å². The predicted molar refractivity (Wildman–Crippen MR) is 93.2 cm³/mol. The normalized spacial score (nSPS) is 60.9. The third-order valence-electron chi connectivity index (χ3n) is 9.09. The minimum absolute atomic E-state index is 0.0739. The SMILES string of the molecule is C#CC1(O)CC[C@H]2[C@@H]3C(O)CC4C(F)C(O)CC[C@]4(C)[C@@H]3CC[C@@]21C. The van der Waals surface area contributed by atoms with Gasteiger partial charge in [0.25, 0.3) is 0 Å². The molecule has 3 nitrogen and oxygen atoms in total. The Hall–Kier alpha value is -0.630. The molecule has 0 amide bonds. The lowest BCUT2D eigenvalue weighted by atomic mass is 9.43. The van der Waals surface area contributed by atoms with Crippen LogP contribution < -0.4 is 0 Å². The van der Waals surface area contributed by atoms with Crippen LogP contribution in [-0.4, -0.2) is 39.3 Å². The Morgan fingerprint density at radius 1 is 0.960 bits per heavy atom. The van der Waals surface area contributed by atoms with E-state index in [-0.39, 0.29) is 34.5 Å². The van der Waals surface area contributed by atoms with Gasteiger partial charge in [0.2, 0.25) is 0 Å². The fraction of sp³-hybridized carbons (Fsp3) is 0.905. The maximum Gasteiger partial charge on any atom is 0.130 e. The van der Waals surface area contributed by atoms with Crippen LogP contribution in [-0.2, 0) is 0 Å². The van der Waals surface area contributed by atoms with Crippen molar-refractivity contribution >= 4 is 0 Å². The second-order valence-electron chi connectivity index (χ2n) is 9.76. The van der Waals surface area contributed by atoms with Crippen molar-refractivity contribution in [2.24, 2.45) is 34.5 Å². The first-order valence-electron chi connectivity index (χ1n) is 9.88. The summed E-state index contributed by atoms with van der Waals surface area (Å²) in [5.41, 5.74) is -1.64. The summed E-state index contributed by atoms with van der Waals surface area (Å²) in [5.74, 6) is 2.88. The van der Waals surface area contributed by atoms with Crippen molar-refractivity contribution < 1.29 is 19.7 Å². The fourth-order valence-corrected chi connectivity index (χ4v) is 7.47. The molecule has 0 spiro atoms. The van der Waals surface area contributed by atoms with Crippen molar-refractivity contribution in [2.45, 2.75) is 82.8 Å². The molecule has 0 aliphatic heterocycles. The van der Waals surface area contributed by atoms with Gasteiger partial charge in [0, 0.05) is 11.3 Å². The van der Waals surface area contributed by atoms with E-state index in [1.807, 2.05) is 0 Å². The van der Waals surface area contributed by atoms with E-state index >= 15 is 0 Å². The number of hydrogen-bond acceptors (Lipinski definition) is 3. The number of aliphatic hydroxyl groups excluding tert-OH is 2. The lowest BCUT2D eigenvalue weighted by Crippen LogP contribution is -2.62. The molecule has 3 N–H and O–H groups in total. The number of terminal acetylenes is 1. The molecular formula is C21H31FO3. The average Bonchev–Trinajstić information content (AvgIpc) is 2.86. The maximum absolute atomic E-state index is 14.8. The lowest BCUT2D eigenvalue weighted by Gasteiger charge is -2.62. The first kappa shape index (κ1) is 17.8. The third-order valence-corrected chi connectivity index (χ3v) is 9.09. The number of rotatable bonds is 0.